The lowest BCUT2D eigenvalue weighted by atomic mass is 10.0. The second kappa shape index (κ2) is 6.15. The van der Waals surface area contributed by atoms with Gasteiger partial charge in [0.25, 0.3) is 0 Å². The second-order valence-corrected chi connectivity index (χ2v) is 6.22. The minimum absolute atomic E-state index is 0.388. The summed E-state index contributed by atoms with van der Waals surface area (Å²) in [7, 11) is 1.83. The maximum atomic E-state index is 5.53. The van der Waals surface area contributed by atoms with Gasteiger partial charge in [-0.15, -0.1) is 0 Å². The molecule has 1 aromatic carbocycles. The standard InChI is InChI=1S/C17H26N2O/c1-13-10-14(11-18-15-6-7-15)5-8-17(13)19-9-3-4-16(12-19)20-2/h5,8,10,15-16,18H,3-4,6-7,9,11-12H2,1-2H3. The molecule has 1 heterocycles. The Balaban J connectivity index is 1.66. The van der Waals surface area contributed by atoms with Gasteiger partial charge in [-0.05, 0) is 49.8 Å². The van der Waals surface area contributed by atoms with Gasteiger partial charge >= 0.3 is 0 Å². The van der Waals surface area contributed by atoms with Crippen LogP contribution in [0.15, 0.2) is 18.2 Å². The maximum Gasteiger partial charge on any atom is 0.0746 e. The SMILES string of the molecule is COC1CCCN(c2ccc(CNC3CC3)cc2C)C1. The monoisotopic (exact) mass is 274 g/mol. The van der Waals surface area contributed by atoms with E-state index in [0.29, 0.717) is 6.10 Å². The fourth-order valence-corrected chi connectivity index (χ4v) is 3.08. The van der Waals surface area contributed by atoms with Crippen molar-refractivity contribution in [2.75, 3.05) is 25.1 Å². The zero-order valence-electron chi connectivity index (χ0n) is 12.7. The Morgan fingerprint density at radius 2 is 2.15 bits per heavy atom. The smallest absolute Gasteiger partial charge is 0.0746 e. The van der Waals surface area contributed by atoms with Crippen molar-refractivity contribution in [1.82, 2.24) is 5.32 Å². The molecule has 3 rings (SSSR count). The number of nitrogens with zero attached hydrogens (tertiary/aromatic N) is 1. The van der Waals surface area contributed by atoms with Crippen LogP contribution in [0.2, 0.25) is 0 Å². The number of rotatable bonds is 5. The molecular weight excluding hydrogens is 248 g/mol. The Kier molecular flexibility index (Phi) is 4.27. The van der Waals surface area contributed by atoms with E-state index in [4.69, 9.17) is 4.74 Å². The van der Waals surface area contributed by atoms with Crippen LogP contribution in [0.3, 0.4) is 0 Å². The van der Waals surface area contributed by atoms with Gasteiger partial charge in [-0.3, -0.25) is 0 Å². The molecule has 2 fully saturated rings. The predicted octanol–water partition coefficient (Wildman–Crippen LogP) is 2.86. The van der Waals surface area contributed by atoms with Crippen molar-refractivity contribution in [1.29, 1.82) is 0 Å². The highest BCUT2D eigenvalue weighted by Gasteiger charge is 2.22. The quantitative estimate of drug-likeness (QED) is 0.893. The average molecular weight is 274 g/mol. The second-order valence-electron chi connectivity index (χ2n) is 6.22. The van der Waals surface area contributed by atoms with Gasteiger partial charge in [0.15, 0.2) is 0 Å². The minimum atomic E-state index is 0.388. The van der Waals surface area contributed by atoms with Crippen molar-refractivity contribution in [2.45, 2.75) is 51.3 Å². The van der Waals surface area contributed by atoms with E-state index in [0.717, 1.165) is 25.7 Å². The van der Waals surface area contributed by atoms with E-state index in [1.807, 2.05) is 7.11 Å². The summed E-state index contributed by atoms with van der Waals surface area (Å²) in [4.78, 5) is 2.48. The van der Waals surface area contributed by atoms with Crippen molar-refractivity contribution in [3.05, 3.63) is 29.3 Å². The van der Waals surface area contributed by atoms with E-state index in [1.165, 1.54) is 42.5 Å². The van der Waals surface area contributed by atoms with Crippen LogP contribution in [0.4, 0.5) is 5.69 Å². The maximum absolute atomic E-state index is 5.53. The van der Waals surface area contributed by atoms with Gasteiger partial charge < -0.3 is 15.0 Å². The minimum Gasteiger partial charge on any atom is -0.380 e. The summed E-state index contributed by atoms with van der Waals surface area (Å²) in [5, 5.41) is 3.58. The van der Waals surface area contributed by atoms with E-state index in [1.54, 1.807) is 0 Å². The van der Waals surface area contributed by atoms with E-state index in [-0.39, 0.29) is 0 Å². The third-order valence-corrected chi connectivity index (χ3v) is 4.49. The van der Waals surface area contributed by atoms with Gasteiger partial charge in [0.2, 0.25) is 0 Å². The molecule has 0 spiro atoms. The molecule has 1 aromatic rings. The Labute approximate surface area is 122 Å². The van der Waals surface area contributed by atoms with Gasteiger partial charge in [0, 0.05) is 38.5 Å². The van der Waals surface area contributed by atoms with E-state index in [9.17, 15) is 0 Å². The fourth-order valence-electron chi connectivity index (χ4n) is 3.08. The first-order valence-electron chi connectivity index (χ1n) is 7.87. The van der Waals surface area contributed by atoms with E-state index >= 15 is 0 Å². The lowest BCUT2D eigenvalue weighted by Gasteiger charge is -2.34. The third-order valence-electron chi connectivity index (χ3n) is 4.49. The van der Waals surface area contributed by atoms with Crippen LogP contribution in [-0.2, 0) is 11.3 Å². The summed E-state index contributed by atoms with van der Waals surface area (Å²) in [5.74, 6) is 0. The summed E-state index contributed by atoms with van der Waals surface area (Å²) in [5.41, 5.74) is 4.16. The fraction of sp³-hybridized carbons (Fsp3) is 0.647. The highest BCUT2D eigenvalue weighted by Crippen LogP contribution is 2.26. The molecule has 0 aromatic heterocycles. The molecule has 1 saturated carbocycles. The Morgan fingerprint density at radius 1 is 1.30 bits per heavy atom. The number of piperidine rings is 1. The first-order chi connectivity index (χ1) is 9.76. The molecule has 0 bridgehead atoms. The van der Waals surface area contributed by atoms with Crippen molar-refractivity contribution in [3.8, 4) is 0 Å². The lowest BCUT2D eigenvalue weighted by Crippen LogP contribution is -2.39. The normalized spacial score (nSPS) is 23.1. The highest BCUT2D eigenvalue weighted by molar-refractivity contribution is 5.55. The molecule has 1 aliphatic heterocycles. The zero-order chi connectivity index (χ0) is 13.9. The van der Waals surface area contributed by atoms with Crippen LogP contribution < -0.4 is 10.2 Å². The number of benzene rings is 1. The first-order valence-corrected chi connectivity index (χ1v) is 7.87. The number of aryl methyl sites for hydroxylation is 1. The molecule has 2 aliphatic rings. The van der Waals surface area contributed by atoms with E-state index in [2.05, 4.69) is 35.3 Å². The van der Waals surface area contributed by atoms with Gasteiger partial charge in [-0.2, -0.15) is 0 Å². The summed E-state index contributed by atoms with van der Waals surface area (Å²) < 4.78 is 5.53. The van der Waals surface area contributed by atoms with Crippen molar-refractivity contribution in [2.24, 2.45) is 0 Å². The zero-order valence-corrected chi connectivity index (χ0v) is 12.7. The van der Waals surface area contributed by atoms with Crippen LogP contribution in [-0.4, -0.2) is 32.3 Å². The van der Waals surface area contributed by atoms with Gasteiger partial charge in [-0.1, -0.05) is 12.1 Å². The molecule has 1 unspecified atom stereocenters. The Bertz CT molecular complexity index is 456. The molecule has 1 atom stereocenters. The molecule has 110 valence electrons. The molecule has 1 saturated heterocycles. The van der Waals surface area contributed by atoms with Crippen LogP contribution in [0.1, 0.15) is 36.8 Å². The highest BCUT2D eigenvalue weighted by atomic mass is 16.5. The van der Waals surface area contributed by atoms with Gasteiger partial charge in [0.1, 0.15) is 0 Å². The van der Waals surface area contributed by atoms with Crippen LogP contribution in [0, 0.1) is 6.92 Å². The molecular formula is C17H26N2O. The van der Waals surface area contributed by atoms with Gasteiger partial charge in [-0.25, -0.2) is 0 Å². The number of nitrogens with one attached hydrogen (secondary N) is 1. The third kappa shape index (κ3) is 3.33. The molecule has 20 heavy (non-hydrogen) atoms. The van der Waals surface area contributed by atoms with Crippen LogP contribution in [0.5, 0.6) is 0 Å². The number of hydrogen-bond donors (Lipinski definition) is 1. The predicted molar refractivity (Wildman–Crippen MR) is 83.3 cm³/mol. The Morgan fingerprint density at radius 3 is 2.85 bits per heavy atom. The van der Waals surface area contributed by atoms with Crippen molar-refractivity contribution in [3.63, 3.8) is 0 Å². The van der Waals surface area contributed by atoms with E-state index < -0.39 is 0 Å². The molecule has 1 N–H and O–H groups in total. The topological polar surface area (TPSA) is 24.5 Å². The summed E-state index contributed by atoms with van der Waals surface area (Å²) in [6.07, 6.45) is 5.50. The first kappa shape index (κ1) is 13.9. The number of anilines is 1. The number of methoxy groups -OCH3 is 1. The van der Waals surface area contributed by atoms with Gasteiger partial charge in [0.05, 0.1) is 6.10 Å². The van der Waals surface area contributed by atoms with Crippen LogP contribution >= 0.6 is 0 Å². The lowest BCUT2D eigenvalue weighted by molar-refractivity contribution is 0.0893. The largest absolute Gasteiger partial charge is 0.380 e. The molecule has 3 heteroatoms. The number of hydrogen-bond acceptors (Lipinski definition) is 3. The summed E-state index contributed by atoms with van der Waals surface area (Å²) in [6, 6.07) is 7.67. The van der Waals surface area contributed by atoms with Crippen LogP contribution in [0.25, 0.3) is 0 Å². The van der Waals surface area contributed by atoms with Crippen molar-refractivity contribution < 1.29 is 4.74 Å². The summed E-state index contributed by atoms with van der Waals surface area (Å²) in [6.45, 7) is 5.41. The summed E-state index contributed by atoms with van der Waals surface area (Å²) >= 11 is 0. The molecule has 3 nitrogen and oxygen atoms in total. The molecule has 0 radical (unpaired) electrons. The van der Waals surface area contributed by atoms with Crippen molar-refractivity contribution >= 4 is 5.69 Å². The molecule has 1 aliphatic carbocycles. The Hall–Kier alpha value is -1.06. The number of ether oxygens (including phenoxy) is 1. The molecule has 0 amide bonds. The average Bonchev–Trinajstić information content (AvgIpc) is 3.29.